The molecule has 0 aliphatic heterocycles. The van der Waals surface area contributed by atoms with Crippen molar-refractivity contribution in [1.29, 1.82) is 0 Å². The zero-order chi connectivity index (χ0) is 19.7. The van der Waals surface area contributed by atoms with E-state index in [2.05, 4.69) is 0 Å². The molecule has 1 unspecified atom stereocenters. The highest BCUT2D eigenvalue weighted by molar-refractivity contribution is 7.87. The summed E-state index contributed by atoms with van der Waals surface area (Å²) < 4.78 is 121. The van der Waals surface area contributed by atoms with E-state index in [1.807, 2.05) is 0 Å². The maximum absolute atomic E-state index is 11.4. The lowest BCUT2D eigenvalue weighted by Crippen LogP contribution is -2.30. The average molecular weight is 404 g/mol. The van der Waals surface area contributed by atoms with Gasteiger partial charge in [0, 0.05) is 0 Å². The van der Waals surface area contributed by atoms with Crippen LogP contribution < -0.4 is 0 Å². The molecule has 0 saturated heterocycles. The molecule has 0 aliphatic rings. The normalized spacial score (nSPS) is 14.0. The van der Waals surface area contributed by atoms with Crippen molar-refractivity contribution < 1.29 is 62.5 Å². The van der Waals surface area contributed by atoms with Gasteiger partial charge in [0.15, 0.2) is 13.3 Å². The summed E-state index contributed by atoms with van der Waals surface area (Å²) in [7, 11) is -11.1. The average Bonchev–Trinajstić information content (AvgIpc) is 2.37. The zero-order valence-electron chi connectivity index (χ0n) is 11.2. The smallest absolute Gasteiger partial charge is 0.394 e. The second-order valence-corrected chi connectivity index (χ2v) is 6.62. The maximum Gasteiger partial charge on any atom is 0.397 e. The van der Waals surface area contributed by atoms with E-state index in [4.69, 9.17) is 19.3 Å². The molecule has 0 amide bonds. The fourth-order valence-corrected chi connectivity index (χ4v) is 0.414. The Labute approximate surface area is 127 Å². The molecule has 1 atom stereocenters. The van der Waals surface area contributed by atoms with E-state index < -0.39 is 50.2 Å². The fraction of sp³-hybridized carbons (Fsp3) is 1.00. The number of alkyl halides is 6. The van der Waals surface area contributed by atoms with Gasteiger partial charge in [0.25, 0.3) is 0 Å². The van der Waals surface area contributed by atoms with Gasteiger partial charge in [0.05, 0.1) is 12.7 Å². The molecule has 0 aliphatic carbocycles. The third-order valence-electron chi connectivity index (χ3n) is 1.33. The second kappa shape index (κ2) is 10.2. The molecule has 0 saturated carbocycles. The highest BCUT2D eigenvalue weighted by atomic mass is 32.2. The summed E-state index contributed by atoms with van der Waals surface area (Å²) in [5.74, 6) is 0. The standard InChI is InChI=1S/C3H8O2.2C2H3F3O3S/c1-3(5)2-4;2*3-1-2(4,5)9(6,7)8/h3-5H,2H2,1H3;2*1H2,(H,6,7,8). The van der Waals surface area contributed by atoms with Crippen LogP contribution in [0.25, 0.3) is 0 Å². The molecule has 8 nitrogen and oxygen atoms in total. The summed E-state index contributed by atoms with van der Waals surface area (Å²) in [6.45, 7) is -3.43. The van der Waals surface area contributed by atoms with Crippen LogP contribution in [0.3, 0.4) is 0 Å². The molecule has 0 fully saturated rings. The summed E-state index contributed by atoms with van der Waals surface area (Å²) in [5, 5.41) is 6.69. The zero-order valence-corrected chi connectivity index (χ0v) is 12.8. The molecule has 0 aromatic heterocycles. The first-order valence-electron chi connectivity index (χ1n) is 5.00. The quantitative estimate of drug-likeness (QED) is 0.376. The van der Waals surface area contributed by atoms with E-state index in [1.165, 1.54) is 6.92 Å². The highest BCUT2D eigenvalue weighted by Crippen LogP contribution is 2.20. The molecule has 0 aromatic rings. The summed E-state index contributed by atoms with van der Waals surface area (Å²) in [6.07, 6.45) is -0.560. The Balaban J connectivity index is -0.000000273. The Kier molecular flexibility index (Phi) is 12.1. The summed E-state index contributed by atoms with van der Waals surface area (Å²) in [4.78, 5) is 0. The van der Waals surface area contributed by atoms with Gasteiger partial charge in [-0.1, -0.05) is 0 Å². The predicted molar refractivity (Wildman–Crippen MR) is 63.7 cm³/mol. The molecule has 0 rings (SSSR count). The van der Waals surface area contributed by atoms with Crippen molar-refractivity contribution in [2.24, 2.45) is 0 Å². The number of aliphatic hydroxyl groups is 2. The van der Waals surface area contributed by atoms with Crippen molar-refractivity contribution in [3.8, 4) is 0 Å². The number of rotatable bonds is 5. The monoisotopic (exact) mass is 404 g/mol. The lowest BCUT2D eigenvalue weighted by Gasteiger charge is -2.05. The minimum atomic E-state index is -5.56. The SMILES string of the molecule is CC(O)CO.O=S(=O)(O)C(F)(F)CF.O=S(=O)(O)C(F)(F)CF. The maximum atomic E-state index is 11.4. The third-order valence-corrected chi connectivity index (χ3v) is 3.06. The van der Waals surface area contributed by atoms with E-state index in [1.54, 1.807) is 0 Å². The highest BCUT2D eigenvalue weighted by Gasteiger charge is 2.44. The molecule has 144 valence electrons. The molecule has 0 bridgehead atoms. The van der Waals surface area contributed by atoms with Gasteiger partial charge in [-0.3, -0.25) is 9.11 Å². The Morgan fingerprint density at radius 3 is 1.04 bits per heavy atom. The Morgan fingerprint density at radius 2 is 1.04 bits per heavy atom. The summed E-state index contributed by atoms with van der Waals surface area (Å²) in [5.41, 5.74) is 0. The Morgan fingerprint density at radius 1 is 0.870 bits per heavy atom. The van der Waals surface area contributed by atoms with Crippen molar-refractivity contribution in [2.75, 3.05) is 20.0 Å². The van der Waals surface area contributed by atoms with Gasteiger partial charge in [0.1, 0.15) is 0 Å². The van der Waals surface area contributed by atoms with E-state index >= 15 is 0 Å². The summed E-state index contributed by atoms with van der Waals surface area (Å²) in [6, 6.07) is 0. The molecule has 0 heterocycles. The van der Waals surface area contributed by atoms with Gasteiger partial charge in [-0.2, -0.15) is 34.4 Å². The molecule has 0 spiro atoms. The first-order chi connectivity index (χ1) is 9.89. The lowest BCUT2D eigenvalue weighted by molar-refractivity contribution is 0.0526. The van der Waals surface area contributed by atoms with Gasteiger partial charge in [0.2, 0.25) is 0 Å². The first-order valence-corrected chi connectivity index (χ1v) is 7.88. The molecule has 4 N–H and O–H groups in total. The second-order valence-electron chi connectivity index (χ2n) is 3.52. The molecular formula is C7H14F6O8S2. The van der Waals surface area contributed by atoms with Gasteiger partial charge in [-0.15, -0.1) is 0 Å². The van der Waals surface area contributed by atoms with Crippen LogP contribution in [-0.2, 0) is 20.2 Å². The van der Waals surface area contributed by atoms with Crippen LogP contribution in [0.1, 0.15) is 6.92 Å². The van der Waals surface area contributed by atoms with Gasteiger partial charge < -0.3 is 10.2 Å². The van der Waals surface area contributed by atoms with E-state index in [9.17, 15) is 43.2 Å². The van der Waals surface area contributed by atoms with Gasteiger partial charge >= 0.3 is 30.7 Å². The Hall–Kier alpha value is -0.680. The van der Waals surface area contributed by atoms with E-state index in [-0.39, 0.29) is 6.61 Å². The lowest BCUT2D eigenvalue weighted by atomic mass is 10.5. The topological polar surface area (TPSA) is 149 Å². The van der Waals surface area contributed by atoms with Crippen molar-refractivity contribution in [3.63, 3.8) is 0 Å². The van der Waals surface area contributed by atoms with Gasteiger partial charge in [-0.25, -0.2) is 8.78 Å². The van der Waals surface area contributed by atoms with Crippen LogP contribution in [0, 0.1) is 0 Å². The van der Waals surface area contributed by atoms with Crippen molar-refractivity contribution in [2.45, 2.75) is 23.5 Å². The first kappa shape index (κ1) is 27.2. The molecule has 0 radical (unpaired) electrons. The minimum Gasteiger partial charge on any atom is -0.394 e. The number of halogens is 6. The fourth-order valence-electron chi connectivity index (χ4n) is 0.138. The van der Waals surface area contributed by atoms with Crippen LogP contribution in [0.15, 0.2) is 0 Å². The number of aliphatic hydroxyl groups excluding tert-OH is 2. The third kappa shape index (κ3) is 12.4. The number of hydrogen-bond acceptors (Lipinski definition) is 6. The van der Waals surface area contributed by atoms with Crippen LogP contribution in [0.4, 0.5) is 26.3 Å². The number of hydrogen-bond donors (Lipinski definition) is 4. The van der Waals surface area contributed by atoms with Crippen LogP contribution in [0.2, 0.25) is 0 Å². The van der Waals surface area contributed by atoms with Crippen LogP contribution in [0.5, 0.6) is 0 Å². The van der Waals surface area contributed by atoms with Crippen LogP contribution in [-0.4, -0.2) is 72.7 Å². The van der Waals surface area contributed by atoms with Crippen molar-refractivity contribution in [1.82, 2.24) is 0 Å². The van der Waals surface area contributed by atoms with E-state index in [0.717, 1.165) is 0 Å². The largest absolute Gasteiger partial charge is 0.397 e. The Bertz CT molecular complexity index is 473. The minimum absolute atomic E-state index is 0.139. The van der Waals surface area contributed by atoms with Crippen molar-refractivity contribution >= 4 is 20.2 Å². The predicted octanol–water partition coefficient (Wildman–Crippen LogP) is 0.232. The van der Waals surface area contributed by atoms with Crippen LogP contribution >= 0.6 is 0 Å². The molecule has 23 heavy (non-hydrogen) atoms. The summed E-state index contributed by atoms with van der Waals surface area (Å²) >= 11 is 0. The van der Waals surface area contributed by atoms with E-state index in [0.29, 0.717) is 0 Å². The van der Waals surface area contributed by atoms with Crippen molar-refractivity contribution in [3.05, 3.63) is 0 Å². The van der Waals surface area contributed by atoms with Gasteiger partial charge in [-0.05, 0) is 6.92 Å². The molecular weight excluding hydrogens is 390 g/mol. The molecule has 16 heteroatoms. The molecule has 0 aromatic carbocycles.